The predicted octanol–water partition coefficient (Wildman–Crippen LogP) is 4.26. The normalized spacial score (nSPS) is 11.3. The summed E-state index contributed by atoms with van der Waals surface area (Å²) in [5, 5.41) is 12.9. The summed E-state index contributed by atoms with van der Waals surface area (Å²) >= 11 is 0. The Morgan fingerprint density at radius 2 is 1.64 bits per heavy atom. The summed E-state index contributed by atoms with van der Waals surface area (Å²) < 4.78 is 50.8. The highest BCUT2D eigenvalue weighted by Gasteiger charge is 2.26. The van der Waals surface area contributed by atoms with E-state index in [1.165, 1.54) is 51.9 Å². The number of nitrogens with zero attached hydrogens (tertiary/aromatic N) is 2. The van der Waals surface area contributed by atoms with Gasteiger partial charge in [-0.2, -0.15) is 0 Å². The molecule has 12 heteroatoms. The van der Waals surface area contributed by atoms with Gasteiger partial charge in [0.1, 0.15) is 5.75 Å². The molecule has 0 spiro atoms. The molecular weight excluding hydrogens is 562 g/mol. The summed E-state index contributed by atoms with van der Waals surface area (Å²) in [5.41, 5.74) is 2.52. The second-order valence-corrected chi connectivity index (χ2v) is 11.1. The minimum atomic E-state index is -4.22. The molecule has 0 atom stereocenters. The number of carbonyl (C=O) groups is 1. The molecule has 2 N–H and O–H groups in total. The standard InChI is InChI=1S/C30H33N3O8S/c1-19-7-8-24(34)15-28(19)42(36,37)33-18-23(21-11-22(17-31-16-21)30(35)32-9-6-10-38-2)12-25(33)20-13-26(39-3)29(41-5)27(14-20)40-4/h7-8,11-18,34H,6,9-10H2,1-5H3,(H,32,35). The van der Waals surface area contributed by atoms with Crippen molar-refractivity contribution < 1.29 is 37.3 Å². The number of hydrogen-bond donors (Lipinski definition) is 2. The molecule has 11 nitrogen and oxygen atoms in total. The van der Waals surface area contributed by atoms with Crippen LogP contribution >= 0.6 is 0 Å². The highest BCUT2D eigenvalue weighted by molar-refractivity contribution is 7.90. The van der Waals surface area contributed by atoms with Crippen LogP contribution in [-0.2, 0) is 14.8 Å². The van der Waals surface area contributed by atoms with Gasteiger partial charge >= 0.3 is 0 Å². The van der Waals surface area contributed by atoms with Crippen molar-refractivity contribution in [2.45, 2.75) is 18.2 Å². The Balaban J connectivity index is 1.89. The maximum atomic E-state index is 14.1. The molecule has 42 heavy (non-hydrogen) atoms. The first-order chi connectivity index (χ1) is 20.1. The first-order valence-corrected chi connectivity index (χ1v) is 14.4. The fourth-order valence-electron chi connectivity index (χ4n) is 4.46. The number of rotatable bonds is 12. The molecule has 0 fully saturated rings. The van der Waals surface area contributed by atoms with E-state index in [0.29, 0.717) is 64.6 Å². The summed E-state index contributed by atoms with van der Waals surface area (Å²) in [7, 11) is 1.78. The number of ether oxygens (including phenoxy) is 4. The summed E-state index contributed by atoms with van der Waals surface area (Å²) in [6, 6.07) is 10.8. The van der Waals surface area contributed by atoms with E-state index < -0.39 is 10.0 Å². The zero-order chi connectivity index (χ0) is 30.4. The monoisotopic (exact) mass is 595 g/mol. The molecule has 0 saturated heterocycles. The van der Waals surface area contributed by atoms with Gasteiger partial charge in [-0.1, -0.05) is 6.07 Å². The third-order valence-electron chi connectivity index (χ3n) is 6.60. The molecule has 2 heterocycles. The Morgan fingerprint density at radius 1 is 0.929 bits per heavy atom. The van der Waals surface area contributed by atoms with Gasteiger partial charge in [0.15, 0.2) is 11.5 Å². The molecule has 222 valence electrons. The van der Waals surface area contributed by atoms with Crippen LogP contribution in [0.3, 0.4) is 0 Å². The van der Waals surface area contributed by atoms with Crippen molar-refractivity contribution in [1.29, 1.82) is 0 Å². The first-order valence-electron chi connectivity index (χ1n) is 12.9. The zero-order valence-electron chi connectivity index (χ0n) is 24.0. The third kappa shape index (κ3) is 6.19. The van der Waals surface area contributed by atoms with Crippen LogP contribution < -0.4 is 19.5 Å². The van der Waals surface area contributed by atoms with Crippen molar-refractivity contribution in [2.24, 2.45) is 0 Å². The van der Waals surface area contributed by atoms with Crippen LogP contribution in [0.2, 0.25) is 0 Å². The maximum absolute atomic E-state index is 14.1. The van der Waals surface area contributed by atoms with Crippen LogP contribution in [0.5, 0.6) is 23.0 Å². The fraction of sp³-hybridized carbons (Fsp3) is 0.267. The number of aromatic nitrogens is 2. The van der Waals surface area contributed by atoms with Crippen molar-refractivity contribution >= 4 is 15.9 Å². The molecule has 1 amide bonds. The predicted molar refractivity (Wildman–Crippen MR) is 157 cm³/mol. The molecule has 0 unspecified atom stereocenters. The Labute approximate surface area is 244 Å². The highest BCUT2D eigenvalue weighted by atomic mass is 32.2. The smallest absolute Gasteiger partial charge is 0.268 e. The van der Waals surface area contributed by atoms with Crippen molar-refractivity contribution in [1.82, 2.24) is 14.3 Å². The number of aromatic hydroxyl groups is 1. The molecule has 0 aliphatic rings. The number of amides is 1. The van der Waals surface area contributed by atoms with Crippen LogP contribution in [0, 0.1) is 6.92 Å². The van der Waals surface area contributed by atoms with Gasteiger partial charge in [-0.05, 0) is 49.2 Å². The highest BCUT2D eigenvalue weighted by Crippen LogP contribution is 2.43. The molecule has 2 aromatic carbocycles. The first kappa shape index (κ1) is 30.4. The summed E-state index contributed by atoms with van der Waals surface area (Å²) in [5.74, 6) is 0.519. The lowest BCUT2D eigenvalue weighted by Crippen LogP contribution is -2.25. The van der Waals surface area contributed by atoms with Crippen molar-refractivity contribution in [2.75, 3.05) is 41.6 Å². The van der Waals surface area contributed by atoms with Gasteiger partial charge in [-0.25, -0.2) is 12.4 Å². The van der Waals surface area contributed by atoms with Crippen molar-refractivity contribution in [3.8, 4) is 45.4 Å². The number of pyridine rings is 1. The van der Waals surface area contributed by atoms with Crippen LogP contribution in [-0.4, -0.2) is 70.0 Å². The van der Waals surface area contributed by atoms with Crippen molar-refractivity contribution in [3.63, 3.8) is 0 Å². The maximum Gasteiger partial charge on any atom is 0.268 e. The Morgan fingerprint density at radius 3 is 2.29 bits per heavy atom. The molecule has 0 aliphatic heterocycles. The molecule has 0 bridgehead atoms. The number of phenols is 1. The second-order valence-electron chi connectivity index (χ2n) is 9.34. The van der Waals surface area contributed by atoms with E-state index in [1.807, 2.05) is 0 Å². The van der Waals surface area contributed by atoms with E-state index in [0.717, 1.165) is 3.97 Å². The molecule has 4 aromatic rings. The Bertz CT molecular complexity index is 1670. The zero-order valence-corrected chi connectivity index (χ0v) is 24.8. The average Bonchev–Trinajstić information content (AvgIpc) is 3.46. The van der Waals surface area contributed by atoms with E-state index in [2.05, 4.69) is 10.3 Å². The van der Waals surface area contributed by atoms with E-state index in [1.54, 1.807) is 44.5 Å². The van der Waals surface area contributed by atoms with Crippen molar-refractivity contribution in [3.05, 3.63) is 72.2 Å². The fourth-order valence-corrected chi connectivity index (χ4v) is 6.08. The molecule has 0 radical (unpaired) electrons. The number of phenolic OH excluding ortho intramolecular Hbond substituents is 1. The second kappa shape index (κ2) is 13.0. The lowest BCUT2D eigenvalue weighted by molar-refractivity contribution is 0.0948. The van der Waals surface area contributed by atoms with Gasteiger partial charge < -0.3 is 29.4 Å². The summed E-state index contributed by atoms with van der Waals surface area (Å²) in [4.78, 5) is 16.9. The largest absolute Gasteiger partial charge is 0.508 e. The van der Waals surface area contributed by atoms with E-state index in [9.17, 15) is 18.3 Å². The average molecular weight is 596 g/mol. The van der Waals surface area contributed by atoms with Gasteiger partial charge in [-0.15, -0.1) is 0 Å². The number of hydrogen-bond acceptors (Lipinski definition) is 9. The van der Waals surface area contributed by atoms with Crippen LogP contribution in [0.4, 0.5) is 0 Å². The molecule has 2 aromatic heterocycles. The van der Waals surface area contributed by atoms with Gasteiger partial charge in [0.25, 0.3) is 15.9 Å². The minimum Gasteiger partial charge on any atom is -0.508 e. The molecule has 0 saturated carbocycles. The number of nitrogens with one attached hydrogen (secondary N) is 1. The SMILES string of the molecule is COCCCNC(=O)c1cncc(-c2cc(-c3cc(OC)c(OC)c(OC)c3)n(S(=O)(=O)c3cc(O)ccc3C)c2)c1. The Kier molecular flexibility index (Phi) is 9.38. The van der Waals surface area contributed by atoms with Crippen LogP contribution in [0.15, 0.2) is 66.0 Å². The number of aryl methyl sites for hydroxylation is 1. The van der Waals surface area contributed by atoms with Crippen LogP contribution in [0.1, 0.15) is 22.3 Å². The van der Waals surface area contributed by atoms with Gasteiger partial charge in [0.2, 0.25) is 5.75 Å². The minimum absolute atomic E-state index is 0.0688. The number of benzene rings is 2. The number of methoxy groups -OCH3 is 4. The Hall–Kier alpha value is -4.55. The van der Waals surface area contributed by atoms with E-state index in [4.69, 9.17) is 18.9 Å². The summed E-state index contributed by atoms with van der Waals surface area (Å²) in [6.45, 7) is 2.59. The van der Waals surface area contributed by atoms with E-state index in [-0.39, 0.29) is 22.2 Å². The molecule has 4 rings (SSSR count). The quantitative estimate of drug-likeness (QED) is 0.230. The lowest BCUT2D eigenvalue weighted by atomic mass is 10.1. The third-order valence-corrected chi connectivity index (χ3v) is 8.42. The van der Waals surface area contributed by atoms with Crippen LogP contribution in [0.25, 0.3) is 22.4 Å². The van der Waals surface area contributed by atoms with Gasteiger partial charge in [0, 0.05) is 61.6 Å². The van der Waals surface area contributed by atoms with Gasteiger partial charge in [0.05, 0.1) is 37.5 Å². The topological polar surface area (TPSA) is 138 Å². The van der Waals surface area contributed by atoms with E-state index >= 15 is 0 Å². The molecule has 0 aliphatic carbocycles. The summed E-state index contributed by atoms with van der Waals surface area (Å²) in [6.07, 6.45) is 5.10. The molecular formula is C30H33N3O8S. The van der Waals surface area contributed by atoms with Gasteiger partial charge in [-0.3, -0.25) is 9.78 Å². The number of carbonyl (C=O) groups excluding carboxylic acids is 1. The lowest BCUT2D eigenvalue weighted by Gasteiger charge is -2.16.